The summed E-state index contributed by atoms with van der Waals surface area (Å²) in [6.45, 7) is 0. The van der Waals surface area contributed by atoms with Gasteiger partial charge in [0.15, 0.2) is 0 Å². The van der Waals surface area contributed by atoms with E-state index in [0.29, 0.717) is 23.1 Å². The highest BCUT2D eigenvalue weighted by Gasteiger charge is 2.24. The Kier molecular flexibility index (Phi) is 3.71. The fourth-order valence-corrected chi connectivity index (χ4v) is 3.96. The van der Waals surface area contributed by atoms with Crippen LogP contribution < -0.4 is 5.32 Å². The van der Waals surface area contributed by atoms with Gasteiger partial charge in [0.05, 0.1) is 10.9 Å². The van der Waals surface area contributed by atoms with Crippen molar-refractivity contribution < 1.29 is 4.52 Å². The van der Waals surface area contributed by atoms with Crippen LogP contribution in [0.1, 0.15) is 23.6 Å². The molecule has 0 saturated heterocycles. The van der Waals surface area contributed by atoms with E-state index >= 15 is 0 Å². The maximum absolute atomic E-state index is 5.47. The number of hydrogen-bond donors (Lipinski definition) is 1. The van der Waals surface area contributed by atoms with Gasteiger partial charge in [0.25, 0.3) is 5.89 Å². The highest BCUT2D eigenvalue weighted by atomic mass is 32.1. The summed E-state index contributed by atoms with van der Waals surface area (Å²) >= 11 is 1.58. The fourth-order valence-electron chi connectivity index (χ4n) is 3.31. The second-order valence-electron chi connectivity index (χ2n) is 6.12. The van der Waals surface area contributed by atoms with E-state index in [1.54, 1.807) is 17.5 Å². The molecule has 1 aliphatic carbocycles. The highest BCUT2D eigenvalue weighted by molar-refractivity contribution is 7.13. The van der Waals surface area contributed by atoms with Gasteiger partial charge in [-0.2, -0.15) is 4.98 Å². The molecule has 5 rings (SSSR count). The first-order valence-corrected chi connectivity index (χ1v) is 9.29. The lowest BCUT2D eigenvalue weighted by Crippen LogP contribution is -2.09. The van der Waals surface area contributed by atoms with Crippen LogP contribution in [0.15, 0.2) is 58.8 Å². The third-order valence-electron chi connectivity index (χ3n) is 4.55. The average Bonchev–Trinajstić information content (AvgIpc) is 3.43. The van der Waals surface area contributed by atoms with Gasteiger partial charge >= 0.3 is 0 Å². The summed E-state index contributed by atoms with van der Waals surface area (Å²) in [7, 11) is 0. The average molecular weight is 361 g/mol. The monoisotopic (exact) mass is 361 g/mol. The van der Waals surface area contributed by atoms with Gasteiger partial charge < -0.3 is 9.84 Å². The van der Waals surface area contributed by atoms with Gasteiger partial charge in [-0.25, -0.2) is 9.97 Å². The zero-order valence-electron chi connectivity index (χ0n) is 13.8. The molecular weight excluding hydrogens is 346 g/mol. The minimum absolute atomic E-state index is 0.222. The number of hydrogen-bond acceptors (Lipinski definition) is 7. The number of anilines is 1. The van der Waals surface area contributed by atoms with Gasteiger partial charge in [-0.3, -0.25) is 0 Å². The molecule has 0 aliphatic heterocycles. The molecule has 1 atom stereocenters. The van der Waals surface area contributed by atoms with E-state index in [1.165, 1.54) is 17.5 Å². The summed E-state index contributed by atoms with van der Waals surface area (Å²) < 4.78 is 5.47. The smallest absolute Gasteiger partial charge is 0.263 e. The summed E-state index contributed by atoms with van der Waals surface area (Å²) in [6.07, 6.45) is 5.34. The van der Waals surface area contributed by atoms with Crippen LogP contribution in [-0.2, 0) is 6.42 Å². The normalized spacial score (nSPS) is 15.8. The van der Waals surface area contributed by atoms with Crippen molar-refractivity contribution in [2.45, 2.75) is 18.9 Å². The molecule has 4 aromatic rings. The summed E-state index contributed by atoms with van der Waals surface area (Å²) in [4.78, 5) is 14.0. The Hall–Kier alpha value is -3.06. The molecule has 0 fully saturated rings. The highest BCUT2D eigenvalue weighted by Crippen LogP contribution is 2.35. The van der Waals surface area contributed by atoms with Crippen LogP contribution in [0, 0.1) is 0 Å². The van der Waals surface area contributed by atoms with Crippen LogP contribution in [0.4, 0.5) is 5.82 Å². The zero-order chi connectivity index (χ0) is 17.3. The Balaban J connectivity index is 1.47. The molecule has 3 aromatic heterocycles. The lowest BCUT2D eigenvalue weighted by Gasteiger charge is -2.15. The lowest BCUT2D eigenvalue weighted by atomic mass is 10.1. The molecule has 3 heterocycles. The fraction of sp³-hybridized carbons (Fsp3) is 0.158. The summed E-state index contributed by atoms with van der Waals surface area (Å²) in [5.74, 6) is 1.71. The van der Waals surface area contributed by atoms with E-state index in [4.69, 9.17) is 4.52 Å². The van der Waals surface area contributed by atoms with Gasteiger partial charge in [0, 0.05) is 6.20 Å². The van der Waals surface area contributed by atoms with E-state index in [2.05, 4.69) is 49.7 Å². The topological polar surface area (TPSA) is 76.7 Å². The lowest BCUT2D eigenvalue weighted by molar-refractivity contribution is 0.432. The van der Waals surface area contributed by atoms with Gasteiger partial charge in [0.2, 0.25) is 5.82 Å². The van der Waals surface area contributed by atoms with E-state index in [-0.39, 0.29) is 6.04 Å². The van der Waals surface area contributed by atoms with Gasteiger partial charge in [-0.15, -0.1) is 11.3 Å². The minimum Gasteiger partial charge on any atom is -0.362 e. The molecular formula is C19H15N5OS. The molecule has 1 aromatic carbocycles. The van der Waals surface area contributed by atoms with Crippen LogP contribution >= 0.6 is 11.3 Å². The summed E-state index contributed by atoms with van der Waals surface area (Å²) in [5.41, 5.74) is 3.42. The molecule has 7 heteroatoms. The van der Waals surface area contributed by atoms with Gasteiger partial charge in [-0.1, -0.05) is 35.5 Å². The van der Waals surface area contributed by atoms with Crippen molar-refractivity contribution in [3.8, 4) is 22.2 Å². The maximum atomic E-state index is 5.47. The van der Waals surface area contributed by atoms with Crippen molar-refractivity contribution in [2.24, 2.45) is 0 Å². The van der Waals surface area contributed by atoms with Gasteiger partial charge in [0.1, 0.15) is 17.7 Å². The predicted molar refractivity (Wildman–Crippen MR) is 99.8 cm³/mol. The first kappa shape index (κ1) is 15.2. The van der Waals surface area contributed by atoms with Crippen LogP contribution in [0.2, 0.25) is 0 Å². The number of aryl methyl sites for hydroxylation is 1. The number of nitrogens with zero attached hydrogens (tertiary/aromatic N) is 4. The van der Waals surface area contributed by atoms with Crippen molar-refractivity contribution >= 4 is 17.2 Å². The summed E-state index contributed by atoms with van der Waals surface area (Å²) in [5, 5.41) is 9.60. The SMILES string of the molecule is c1csc(-c2noc(-c3cncnc3NC3CCc4ccccc43)n2)c1. The molecule has 26 heavy (non-hydrogen) atoms. The number of nitrogens with one attached hydrogen (secondary N) is 1. The standard InChI is InChI=1S/C19H15N5OS/c1-2-5-13-12(4-1)7-8-15(13)22-17-14(10-20-11-21-17)19-23-18(24-25-19)16-6-3-9-26-16/h1-6,9-11,15H,7-8H2,(H,20,21,22). The second-order valence-corrected chi connectivity index (χ2v) is 7.07. The molecule has 0 amide bonds. The molecule has 128 valence electrons. The first-order chi connectivity index (χ1) is 12.9. The van der Waals surface area contributed by atoms with Crippen LogP contribution in [0.5, 0.6) is 0 Å². The number of thiophene rings is 1. The molecule has 0 bridgehead atoms. The van der Waals surface area contributed by atoms with Crippen molar-refractivity contribution in [2.75, 3.05) is 5.32 Å². The molecule has 0 saturated carbocycles. The van der Waals surface area contributed by atoms with E-state index in [9.17, 15) is 0 Å². The Bertz CT molecular complexity index is 1040. The molecule has 1 aliphatic rings. The quantitative estimate of drug-likeness (QED) is 0.582. The largest absolute Gasteiger partial charge is 0.362 e. The number of benzene rings is 1. The van der Waals surface area contributed by atoms with Crippen LogP contribution in [-0.4, -0.2) is 20.1 Å². The zero-order valence-corrected chi connectivity index (χ0v) is 14.6. The maximum Gasteiger partial charge on any atom is 0.263 e. The Labute approximate surface area is 154 Å². The van der Waals surface area contributed by atoms with Crippen LogP contribution in [0.3, 0.4) is 0 Å². The first-order valence-electron chi connectivity index (χ1n) is 8.41. The summed E-state index contributed by atoms with van der Waals surface area (Å²) in [6, 6.07) is 12.7. The Morgan fingerprint density at radius 3 is 3.04 bits per heavy atom. The molecule has 1 unspecified atom stereocenters. The van der Waals surface area contributed by atoms with Crippen molar-refractivity contribution in [3.05, 3.63) is 65.4 Å². The molecule has 0 spiro atoms. The van der Waals surface area contributed by atoms with E-state index < -0.39 is 0 Å². The van der Waals surface area contributed by atoms with Crippen molar-refractivity contribution in [3.63, 3.8) is 0 Å². The molecule has 1 N–H and O–H groups in total. The molecule has 0 radical (unpaired) electrons. The minimum atomic E-state index is 0.222. The molecule has 6 nitrogen and oxygen atoms in total. The third kappa shape index (κ3) is 2.66. The van der Waals surface area contributed by atoms with E-state index in [0.717, 1.165) is 17.7 Å². The number of aromatic nitrogens is 4. The Morgan fingerprint density at radius 1 is 1.15 bits per heavy atom. The van der Waals surface area contributed by atoms with Gasteiger partial charge in [-0.05, 0) is 35.4 Å². The van der Waals surface area contributed by atoms with E-state index in [1.807, 2.05) is 17.5 Å². The van der Waals surface area contributed by atoms with Crippen molar-refractivity contribution in [1.82, 2.24) is 20.1 Å². The third-order valence-corrected chi connectivity index (χ3v) is 5.42. The second kappa shape index (κ2) is 6.34. The number of fused-ring (bicyclic) bond motifs is 1. The van der Waals surface area contributed by atoms with Crippen molar-refractivity contribution in [1.29, 1.82) is 0 Å². The number of rotatable bonds is 4. The Morgan fingerprint density at radius 2 is 2.12 bits per heavy atom. The van der Waals surface area contributed by atoms with Crippen LogP contribution in [0.25, 0.3) is 22.2 Å². The predicted octanol–water partition coefficient (Wildman–Crippen LogP) is 4.35.